The highest BCUT2D eigenvalue weighted by atomic mass is 32.1. The lowest BCUT2D eigenvalue weighted by molar-refractivity contribution is 0.311. The lowest BCUT2D eigenvalue weighted by Crippen LogP contribution is -2.43. The molecule has 3 aromatic rings. The van der Waals surface area contributed by atoms with Gasteiger partial charge in [-0.25, -0.2) is 0 Å². The van der Waals surface area contributed by atoms with Crippen molar-refractivity contribution in [1.29, 1.82) is 0 Å². The minimum absolute atomic E-state index is 0.170. The Morgan fingerprint density at radius 3 is 2.59 bits per heavy atom. The number of aromatic hydroxyl groups is 1. The number of aryl methyl sites for hydroxylation is 1. The molecule has 2 aliphatic rings. The van der Waals surface area contributed by atoms with Gasteiger partial charge in [0.1, 0.15) is 15.8 Å². The van der Waals surface area contributed by atoms with Crippen molar-refractivity contribution in [3.63, 3.8) is 0 Å². The molecular formula is C21H24N6OS. The second-order valence-electron chi connectivity index (χ2n) is 7.86. The molecule has 2 N–H and O–H groups in total. The van der Waals surface area contributed by atoms with E-state index in [0.717, 1.165) is 40.9 Å². The molecule has 0 bridgehead atoms. The number of aromatic nitrogens is 4. The van der Waals surface area contributed by atoms with Crippen molar-refractivity contribution in [1.82, 2.24) is 25.7 Å². The molecule has 2 aromatic heterocycles. The van der Waals surface area contributed by atoms with Gasteiger partial charge in [-0.05, 0) is 50.5 Å². The van der Waals surface area contributed by atoms with Crippen molar-refractivity contribution >= 4 is 17.2 Å². The summed E-state index contributed by atoms with van der Waals surface area (Å²) in [6, 6.07) is 10.7. The van der Waals surface area contributed by atoms with E-state index in [1.54, 1.807) is 6.07 Å². The molecule has 1 atom stereocenters. The Labute approximate surface area is 173 Å². The van der Waals surface area contributed by atoms with Crippen LogP contribution in [-0.2, 0) is 0 Å². The number of phenolic OH excluding ortho intramolecular Hbond substituents is 1. The van der Waals surface area contributed by atoms with Crippen molar-refractivity contribution in [2.24, 2.45) is 0 Å². The van der Waals surface area contributed by atoms with Crippen LogP contribution in [0, 0.1) is 6.92 Å². The van der Waals surface area contributed by atoms with E-state index in [1.165, 1.54) is 30.6 Å². The molecular weight excluding hydrogens is 384 g/mol. The lowest BCUT2D eigenvalue weighted by Gasteiger charge is -2.29. The zero-order valence-corrected chi connectivity index (χ0v) is 17.2. The third-order valence-electron chi connectivity index (χ3n) is 5.79. The standard InChI is InChI=1S/C21H24N6OS/c1-13-23-26-21(29-13)14-5-6-17(19(28)11-14)18-7-8-20(25-24-18)27-10-9-16(12-27)22-15-3-2-4-15/h5-8,11,15-16,22,28H,2-4,9-10,12H2,1H3. The van der Waals surface area contributed by atoms with Gasteiger partial charge in [-0.15, -0.1) is 20.4 Å². The van der Waals surface area contributed by atoms with Crippen molar-refractivity contribution in [3.8, 4) is 27.6 Å². The monoisotopic (exact) mass is 408 g/mol. The number of nitrogens with zero attached hydrogens (tertiary/aromatic N) is 5. The number of benzene rings is 1. The van der Waals surface area contributed by atoms with Crippen LogP contribution in [0.15, 0.2) is 30.3 Å². The Balaban J connectivity index is 1.29. The van der Waals surface area contributed by atoms with Crippen molar-refractivity contribution in [2.75, 3.05) is 18.0 Å². The van der Waals surface area contributed by atoms with E-state index >= 15 is 0 Å². The van der Waals surface area contributed by atoms with E-state index in [2.05, 4.69) is 30.6 Å². The van der Waals surface area contributed by atoms with Gasteiger partial charge in [-0.2, -0.15) is 0 Å². The molecule has 1 saturated heterocycles. The van der Waals surface area contributed by atoms with Gasteiger partial charge >= 0.3 is 0 Å². The van der Waals surface area contributed by atoms with Crippen LogP contribution in [0.25, 0.3) is 21.8 Å². The Morgan fingerprint density at radius 1 is 1.03 bits per heavy atom. The van der Waals surface area contributed by atoms with Crippen LogP contribution in [0.2, 0.25) is 0 Å². The normalized spacial score (nSPS) is 19.5. The smallest absolute Gasteiger partial charge is 0.151 e. The van der Waals surface area contributed by atoms with Crippen LogP contribution in [-0.4, -0.2) is 50.7 Å². The second-order valence-corrected chi connectivity index (χ2v) is 9.04. The molecule has 1 saturated carbocycles. The molecule has 0 radical (unpaired) electrons. The molecule has 1 aliphatic carbocycles. The van der Waals surface area contributed by atoms with E-state index in [-0.39, 0.29) is 5.75 Å². The first kappa shape index (κ1) is 18.4. The maximum Gasteiger partial charge on any atom is 0.151 e. The first-order valence-electron chi connectivity index (χ1n) is 10.1. The number of hydrogen-bond donors (Lipinski definition) is 2. The molecule has 7 nitrogen and oxygen atoms in total. The minimum atomic E-state index is 0.170. The molecule has 5 rings (SSSR count). The third-order valence-corrected chi connectivity index (χ3v) is 6.67. The molecule has 0 spiro atoms. The highest BCUT2D eigenvalue weighted by Crippen LogP contribution is 2.33. The summed E-state index contributed by atoms with van der Waals surface area (Å²) in [5, 5.41) is 32.9. The quantitative estimate of drug-likeness (QED) is 0.669. The maximum atomic E-state index is 10.5. The van der Waals surface area contributed by atoms with Crippen LogP contribution < -0.4 is 10.2 Å². The number of nitrogens with one attached hydrogen (secondary N) is 1. The zero-order chi connectivity index (χ0) is 19.8. The summed E-state index contributed by atoms with van der Waals surface area (Å²) in [7, 11) is 0. The average Bonchev–Trinajstić information content (AvgIpc) is 3.34. The van der Waals surface area contributed by atoms with Gasteiger partial charge < -0.3 is 15.3 Å². The molecule has 1 unspecified atom stereocenters. The zero-order valence-electron chi connectivity index (χ0n) is 16.4. The molecule has 3 heterocycles. The van der Waals surface area contributed by atoms with Gasteiger partial charge in [0, 0.05) is 36.3 Å². The highest BCUT2D eigenvalue weighted by Gasteiger charge is 2.27. The van der Waals surface area contributed by atoms with Gasteiger partial charge in [0.15, 0.2) is 5.82 Å². The fourth-order valence-corrected chi connectivity index (χ4v) is 4.63. The Kier molecular flexibility index (Phi) is 4.89. The van der Waals surface area contributed by atoms with E-state index in [1.807, 2.05) is 31.2 Å². The fourth-order valence-electron chi connectivity index (χ4n) is 3.94. The number of hydrogen-bond acceptors (Lipinski definition) is 8. The highest BCUT2D eigenvalue weighted by molar-refractivity contribution is 7.14. The minimum Gasteiger partial charge on any atom is -0.507 e. The summed E-state index contributed by atoms with van der Waals surface area (Å²) in [5.41, 5.74) is 2.18. The average molecular weight is 409 g/mol. The molecule has 1 aromatic carbocycles. The number of rotatable bonds is 5. The predicted octanol–water partition coefficient (Wildman–Crippen LogP) is 3.40. The Bertz CT molecular complexity index is 1000. The van der Waals surface area contributed by atoms with Crippen molar-refractivity contribution in [2.45, 2.75) is 44.7 Å². The summed E-state index contributed by atoms with van der Waals surface area (Å²) >= 11 is 1.50. The third kappa shape index (κ3) is 3.82. The van der Waals surface area contributed by atoms with Crippen LogP contribution >= 0.6 is 11.3 Å². The van der Waals surface area contributed by atoms with E-state index in [0.29, 0.717) is 23.3 Å². The molecule has 8 heteroatoms. The SMILES string of the molecule is Cc1nnc(-c2ccc(-c3ccc(N4CCC(NC5CCC5)C4)nn3)c(O)c2)s1. The van der Waals surface area contributed by atoms with Crippen LogP contribution in [0.5, 0.6) is 5.75 Å². The fraction of sp³-hybridized carbons (Fsp3) is 0.429. The summed E-state index contributed by atoms with van der Waals surface area (Å²) in [5.74, 6) is 1.07. The maximum absolute atomic E-state index is 10.5. The Morgan fingerprint density at radius 2 is 1.93 bits per heavy atom. The second kappa shape index (κ2) is 7.68. The summed E-state index contributed by atoms with van der Waals surface area (Å²) in [6.45, 7) is 3.89. The first-order valence-corrected chi connectivity index (χ1v) is 11.0. The van der Waals surface area contributed by atoms with Crippen molar-refractivity contribution < 1.29 is 5.11 Å². The van der Waals surface area contributed by atoms with E-state index in [9.17, 15) is 5.11 Å². The van der Waals surface area contributed by atoms with Gasteiger partial charge in [0.2, 0.25) is 0 Å². The Hall–Kier alpha value is -2.58. The molecule has 2 fully saturated rings. The van der Waals surface area contributed by atoms with Crippen LogP contribution in [0.4, 0.5) is 5.82 Å². The van der Waals surface area contributed by atoms with Gasteiger partial charge in [-0.1, -0.05) is 23.8 Å². The van der Waals surface area contributed by atoms with Crippen LogP contribution in [0.1, 0.15) is 30.7 Å². The first-order chi connectivity index (χ1) is 14.2. The molecule has 1 aliphatic heterocycles. The van der Waals surface area contributed by atoms with Crippen LogP contribution in [0.3, 0.4) is 0 Å². The van der Waals surface area contributed by atoms with E-state index in [4.69, 9.17) is 0 Å². The predicted molar refractivity (Wildman–Crippen MR) is 114 cm³/mol. The molecule has 29 heavy (non-hydrogen) atoms. The lowest BCUT2D eigenvalue weighted by atomic mass is 9.92. The molecule has 0 amide bonds. The van der Waals surface area contributed by atoms with Gasteiger partial charge in [0.25, 0.3) is 0 Å². The summed E-state index contributed by atoms with van der Waals surface area (Å²) in [4.78, 5) is 2.29. The van der Waals surface area contributed by atoms with Gasteiger partial charge in [-0.3, -0.25) is 0 Å². The van der Waals surface area contributed by atoms with E-state index < -0.39 is 0 Å². The van der Waals surface area contributed by atoms with Crippen molar-refractivity contribution in [3.05, 3.63) is 35.3 Å². The summed E-state index contributed by atoms with van der Waals surface area (Å²) < 4.78 is 0. The largest absolute Gasteiger partial charge is 0.507 e. The molecule has 150 valence electrons. The van der Waals surface area contributed by atoms with Gasteiger partial charge in [0.05, 0.1) is 5.69 Å². The number of phenols is 1. The number of anilines is 1. The summed E-state index contributed by atoms with van der Waals surface area (Å²) in [6.07, 6.45) is 5.13. The topological polar surface area (TPSA) is 87.1 Å².